The van der Waals surface area contributed by atoms with Gasteiger partial charge in [0.2, 0.25) is 0 Å². The van der Waals surface area contributed by atoms with Gasteiger partial charge < -0.3 is 14.6 Å². The minimum Gasteiger partial charge on any atom is -0.477 e. The molecule has 0 saturated carbocycles. The summed E-state index contributed by atoms with van der Waals surface area (Å²) in [5.74, 6) is -1.14. The second-order valence-corrected chi connectivity index (χ2v) is 3.67. The lowest BCUT2D eigenvalue weighted by Crippen LogP contribution is -2.51. The number of aromatic amines is 1. The summed E-state index contributed by atoms with van der Waals surface area (Å²) in [4.78, 5) is 17.8. The molecule has 78 valence electrons. The van der Waals surface area contributed by atoms with Gasteiger partial charge in [0.05, 0.1) is 37.9 Å². The maximum Gasteiger partial charge on any atom is 0.362 e. The standard InChI is InChI=1S/C9H15N3O2/c1-12(2,3)8(9(13)14)4-7-5-10-6-11-7/h5-6,8H,4H2,1-3H3,(H-,10,11,13,14)/p+1/i1D3. The van der Waals surface area contributed by atoms with Crippen molar-refractivity contribution >= 4 is 5.97 Å². The van der Waals surface area contributed by atoms with Gasteiger partial charge in [-0.25, -0.2) is 9.78 Å². The predicted molar refractivity (Wildman–Crippen MR) is 51.7 cm³/mol. The van der Waals surface area contributed by atoms with Gasteiger partial charge in [-0.2, -0.15) is 0 Å². The molecule has 0 bridgehead atoms. The predicted octanol–water partition coefficient (Wildman–Crippen LogP) is 0.112. The number of likely N-dealkylation sites (N-methyl/N-ethyl adjacent to an activating group) is 1. The van der Waals surface area contributed by atoms with E-state index in [1.54, 1.807) is 0 Å². The minimum atomic E-state index is -2.39. The number of H-pyrrole nitrogens is 1. The number of hydrogen-bond donors (Lipinski definition) is 2. The summed E-state index contributed by atoms with van der Waals surface area (Å²) in [6, 6.07) is -1.05. The number of quaternary nitrogens is 1. The number of hydrogen-bond acceptors (Lipinski definition) is 2. The number of nitrogens with one attached hydrogen (secondary N) is 1. The number of nitrogens with zero attached hydrogens (tertiary/aromatic N) is 2. The summed E-state index contributed by atoms with van der Waals surface area (Å²) >= 11 is 0. The third-order valence-corrected chi connectivity index (χ3v) is 2.03. The summed E-state index contributed by atoms with van der Waals surface area (Å²) in [7, 11) is 2.78. The zero-order valence-electron chi connectivity index (χ0n) is 11.2. The fraction of sp³-hybridized carbons (Fsp3) is 0.556. The number of carbonyl (C=O) groups is 1. The first-order valence-corrected chi connectivity index (χ1v) is 4.20. The van der Waals surface area contributed by atoms with Crippen LogP contribution in [0.3, 0.4) is 0 Å². The van der Waals surface area contributed by atoms with E-state index < -0.39 is 23.5 Å². The highest BCUT2D eigenvalue weighted by molar-refractivity contribution is 5.72. The Labute approximate surface area is 87.2 Å². The molecule has 1 aromatic heterocycles. The molecule has 0 fully saturated rings. The topological polar surface area (TPSA) is 66.0 Å². The van der Waals surface area contributed by atoms with Crippen LogP contribution in [-0.4, -0.2) is 52.6 Å². The fourth-order valence-electron chi connectivity index (χ4n) is 1.20. The molecule has 0 aliphatic rings. The monoisotopic (exact) mass is 201 g/mol. The lowest BCUT2D eigenvalue weighted by molar-refractivity contribution is -0.887. The lowest BCUT2D eigenvalue weighted by atomic mass is 10.1. The average Bonchev–Trinajstić information content (AvgIpc) is 2.63. The molecule has 1 atom stereocenters. The number of carboxylic acid groups (broad SMARTS) is 1. The summed E-state index contributed by atoms with van der Waals surface area (Å²) in [5.41, 5.74) is 0.604. The van der Waals surface area contributed by atoms with E-state index in [1.807, 2.05) is 0 Å². The van der Waals surface area contributed by atoms with E-state index in [1.165, 1.54) is 26.6 Å². The van der Waals surface area contributed by atoms with Gasteiger partial charge in [0.1, 0.15) is 0 Å². The Balaban J connectivity index is 2.98. The third kappa shape index (κ3) is 2.56. The first-order valence-electron chi connectivity index (χ1n) is 5.70. The number of imidazole rings is 1. The van der Waals surface area contributed by atoms with E-state index in [2.05, 4.69) is 9.97 Å². The number of aromatic nitrogens is 2. The average molecular weight is 201 g/mol. The van der Waals surface area contributed by atoms with E-state index in [-0.39, 0.29) is 6.42 Å². The number of rotatable bonds is 4. The molecule has 0 aliphatic carbocycles. The van der Waals surface area contributed by atoms with Gasteiger partial charge in [-0.1, -0.05) is 0 Å². The van der Waals surface area contributed by atoms with Crippen LogP contribution < -0.4 is 0 Å². The van der Waals surface area contributed by atoms with Crippen molar-refractivity contribution in [2.24, 2.45) is 0 Å². The van der Waals surface area contributed by atoms with Crippen molar-refractivity contribution in [3.8, 4) is 0 Å². The van der Waals surface area contributed by atoms with Crippen LogP contribution in [0.4, 0.5) is 0 Å². The van der Waals surface area contributed by atoms with Gasteiger partial charge in [0.15, 0.2) is 6.04 Å². The van der Waals surface area contributed by atoms with Crippen molar-refractivity contribution in [1.82, 2.24) is 9.97 Å². The van der Waals surface area contributed by atoms with Crippen LogP contribution >= 0.6 is 0 Å². The molecule has 5 nitrogen and oxygen atoms in total. The van der Waals surface area contributed by atoms with Gasteiger partial charge in [0.25, 0.3) is 0 Å². The van der Waals surface area contributed by atoms with Crippen LogP contribution in [0, 0.1) is 0 Å². The minimum absolute atomic E-state index is 0.0979. The normalized spacial score (nSPS) is 18.0. The Hall–Kier alpha value is -1.36. The molecular weight excluding hydrogens is 182 g/mol. The van der Waals surface area contributed by atoms with Crippen molar-refractivity contribution in [2.45, 2.75) is 12.5 Å². The van der Waals surface area contributed by atoms with Crippen LogP contribution in [-0.2, 0) is 11.2 Å². The van der Waals surface area contributed by atoms with Crippen LogP contribution in [0.5, 0.6) is 0 Å². The maximum atomic E-state index is 11.2. The maximum absolute atomic E-state index is 11.2. The van der Waals surface area contributed by atoms with Crippen LogP contribution in [0.15, 0.2) is 12.5 Å². The third-order valence-electron chi connectivity index (χ3n) is 2.03. The molecule has 0 spiro atoms. The van der Waals surface area contributed by atoms with Crippen LogP contribution in [0.2, 0.25) is 0 Å². The van der Waals surface area contributed by atoms with Gasteiger partial charge in [0, 0.05) is 11.9 Å². The number of carboxylic acids is 1. The first-order chi connectivity index (χ1) is 7.66. The fourth-order valence-corrected chi connectivity index (χ4v) is 1.20. The molecule has 1 aromatic rings. The Morgan fingerprint density at radius 2 is 2.57 bits per heavy atom. The van der Waals surface area contributed by atoms with E-state index in [0.717, 1.165) is 0 Å². The quantitative estimate of drug-likeness (QED) is 0.680. The highest BCUT2D eigenvalue weighted by atomic mass is 16.4. The Morgan fingerprint density at radius 1 is 1.86 bits per heavy atom. The second-order valence-electron chi connectivity index (χ2n) is 3.67. The van der Waals surface area contributed by atoms with Crippen molar-refractivity contribution < 1.29 is 18.5 Å². The summed E-state index contributed by atoms with van der Waals surface area (Å²) < 4.78 is 21.6. The molecule has 0 saturated heterocycles. The molecule has 1 unspecified atom stereocenters. The molecule has 2 N–H and O–H groups in total. The van der Waals surface area contributed by atoms with Gasteiger partial charge in [-0.15, -0.1) is 0 Å². The molecule has 0 aliphatic heterocycles. The lowest BCUT2D eigenvalue weighted by Gasteiger charge is -2.30. The highest BCUT2D eigenvalue weighted by Gasteiger charge is 2.31. The van der Waals surface area contributed by atoms with Crippen molar-refractivity contribution in [3.05, 3.63) is 18.2 Å². The zero-order valence-corrected chi connectivity index (χ0v) is 8.19. The van der Waals surface area contributed by atoms with Crippen LogP contribution in [0.25, 0.3) is 0 Å². The molecule has 1 heterocycles. The van der Waals surface area contributed by atoms with Gasteiger partial charge >= 0.3 is 5.97 Å². The number of aliphatic carboxylic acids is 1. The van der Waals surface area contributed by atoms with E-state index >= 15 is 0 Å². The molecule has 5 heteroatoms. The van der Waals surface area contributed by atoms with Crippen LogP contribution in [0.1, 0.15) is 9.81 Å². The molecule has 1 rings (SSSR count). The summed E-state index contributed by atoms with van der Waals surface area (Å²) in [5, 5.41) is 9.17. The van der Waals surface area contributed by atoms with Crippen molar-refractivity contribution in [1.29, 1.82) is 0 Å². The van der Waals surface area contributed by atoms with E-state index in [9.17, 15) is 9.90 Å². The molecule has 0 radical (unpaired) electrons. The molecule has 0 aromatic carbocycles. The van der Waals surface area contributed by atoms with E-state index in [0.29, 0.717) is 5.69 Å². The summed E-state index contributed by atoms with van der Waals surface area (Å²) in [6.07, 6.45) is 3.03. The molecule has 0 amide bonds. The molecule has 14 heavy (non-hydrogen) atoms. The van der Waals surface area contributed by atoms with Gasteiger partial charge in [-0.3, -0.25) is 0 Å². The first kappa shape index (κ1) is 7.00. The highest BCUT2D eigenvalue weighted by Crippen LogP contribution is 2.09. The SMILES string of the molecule is [2H]C([2H])([2H])[N+](C)(C)C(Cc1cnc[nH]1)C(=O)O. The molecular formula is C9H16N3O2+. The zero-order chi connectivity index (χ0) is 13.3. The smallest absolute Gasteiger partial charge is 0.362 e. The van der Waals surface area contributed by atoms with E-state index in [4.69, 9.17) is 4.11 Å². The summed E-state index contributed by atoms with van der Waals surface area (Å²) in [6.45, 7) is -2.39. The van der Waals surface area contributed by atoms with Crippen molar-refractivity contribution in [2.75, 3.05) is 21.1 Å². The van der Waals surface area contributed by atoms with Gasteiger partial charge in [-0.05, 0) is 0 Å². The largest absolute Gasteiger partial charge is 0.477 e. The Bertz CT molecular complexity index is 387. The Morgan fingerprint density at radius 3 is 3.00 bits per heavy atom. The van der Waals surface area contributed by atoms with Crippen molar-refractivity contribution in [3.63, 3.8) is 0 Å². The second kappa shape index (κ2) is 3.79. The Kier molecular flexibility index (Phi) is 1.90.